The zero-order valence-corrected chi connectivity index (χ0v) is 9.04. The first kappa shape index (κ1) is 12.4. The summed E-state index contributed by atoms with van der Waals surface area (Å²) in [7, 11) is 0. The number of hydrogen-bond donors (Lipinski definition) is 1. The van der Waals surface area contributed by atoms with E-state index in [0.29, 0.717) is 6.54 Å². The molecule has 0 aromatic heterocycles. The van der Waals surface area contributed by atoms with Crippen LogP contribution >= 0.6 is 0 Å². The Morgan fingerprint density at radius 3 is 2.23 bits per heavy atom. The largest absolute Gasteiger partial charge is 0.462 e. The molecule has 0 fully saturated rings. The number of ether oxygens (including phenoxy) is 1. The molecule has 0 aliphatic heterocycles. The summed E-state index contributed by atoms with van der Waals surface area (Å²) in [5.41, 5.74) is 5.49. The fourth-order valence-corrected chi connectivity index (χ4v) is 1.01. The maximum Gasteiger partial charge on any atom is 0.310 e. The Morgan fingerprint density at radius 1 is 1.38 bits per heavy atom. The van der Waals surface area contributed by atoms with Crippen molar-refractivity contribution in [2.45, 2.75) is 40.2 Å². The summed E-state index contributed by atoms with van der Waals surface area (Å²) in [6.45, 7) is 8.22. The Labute approximate surface area is 80.6 Å². The molecule has 0 aromatic carbocycles. The van der Waals surface area contributed by atoms with E-state index in [1.165, 1.54) is 0 Å². The minimum Gasteiger partial charge on any atom is -0.462 e. The van der Waals surface area contributed by atoms with Crippen molar-refractivity contribution in [2.24, 2.45) is 17.6 Å². The molecule has 78 valence electrons. The van der Waals surface area contributed by atoms with Crippen molar-refractivity contribution >= 4 is 5.97 Å². The summed E-state index contributed by atoms with van der Waals surface area (Å²) in [6, 6.07) is 0. The molecule has 0 radical (unpaired) electrons. The minimum absolute atomic E-state index is 0.000278. The Balaban J connectivity index is 4.06. The molecule has 2 N–H and O–H groups in total. The van der Waals surface area contributed by atoms with Crippen LogP contribution in [0.25, 0.3) is 0 Å². The van der Waals surface area contributed by atoms with Crippen molar-refractivity contribution in [1.82, 2.24) is 0 Å². The Bertz CT molecular complexity index is 157. The molecule has 2 unspecified atom stereocenters. The van der Waals surface area contributed by atoms with Crippen LogP contribution in [0.5, 0.6) is 0 Å². The second kappa shape index (κ2) is 5.97. The maximum atomic E-state index is 11.5. The lowest BCUT2D eigenvalue weighted by atomic mass is 9.96. The van der Waals surface area contributed by atoms with Gasteiger partial charge < -0.3 is 10.5 Å². The average molecular weight is 187 g/mol. The Hall–Kier alpha value is -0.570. The van der Waals surface area contributed by atoms with Gasteiger partial charge in [-0.3, -0.25) is 4.79 Å². The SMILES string of the molecule is CCC(C)OC(=O)C(CN)C(C)C. The van der Waals surface area contributed by atoms with Crippen molar-refractivity contribution in [3.05, 3.63) is 0 Å². The molecule has 0 saturated carbocycles. The topological polar surface area (TPSA) is 52.3 Å². The van der Waals surface area contributed by atoms with Crippen LogP contribution in [0.15, 0.2) is 0 Å². The fourth-order valence-electron chi connectivity index (χ4n) is 1.01. The van der Waals surface area contributed by atoms with Gasteiger partial charge in [0.25, 0.3) is 0 Å². The van der Waals surface area contributed by atoms with Crippen molar-refractivity contribution < 1.29 is 9.53 Å². The zero-order chi connectivity index (χ0) is 10.4. The molecule has 0 aromatic rings. The molecular formula is C10H21NO2. The van der Waals surface area contributed by atoms with Gasteiger partial charge >= 0.3 is 5.97 Å². The molecule has 2 atom stereocenters. The van der Waals surface area contributed by atoms with E-state index in [0.717, 1.165) is 6.42 Å². The van der Waals surface area contributed by atoms with Crippen molar-refractivity contribution in [1.29, 1.82) is 0 Å². The zero-order valence-electron chi connectivity index (χ0n) is 9.04. The number of carbonyl (C=O) groups excluding carboxylic acids is 1. The maximum absolute atomic E-state index is 11.5. The van der Waals surface area contributed by atoms with E-state index >= 15 is 0 Å². The van der Waals surface area contributed by atoms with Crippen molar-refractivity contribution in [3.8, 4) is 0 Å². The van der Waals surface area contributed by atoms with Gasteiger partial charge in [-0.25, -0.2) is 0 Å². The van der Waals surface area contributed by atoms with Gasteiger partial charge in [0.1, 0.15) is 0 Å². The second-order valence-electron chi connectivity index (χ2n) is 3.74. The fraction of sp³-hybridized carbons (Fsp3) is 0.900. The summed E-state index contributed by atoms with van der Waals surface area (Å²) in [6.07, 6.45) is 0.849. The van der Waals surface area contributed by atoms with Crippen LogP contribution in [-0.4, -0.2) is 18.6 Å². The van der Waals surface area contributed by atoms with Gasteiger partial charge in [-0.1, -0.05) is 20.8 Å². The summed E-state index contributed by atoms with van der Waals surface area (Å²) in [4.78, 5) is 11.5. The minimum atomic E-state index is -0.160. The van der Waals surface area contributed by atoms with Gasteiger partial charge in [0.2, 0.25) is 0 Å². The summed E-state index contributed by atoms with van der Waals surface area (Å²) in [5, 5.41) is 0. The van der Waals surface area contributed by atoms with Crippen molar-refractivity contribution in [2.75, 3.05) is 6.54 Å². The van der Waals surface area contributed by atoms with Gasteiger partial charge in [-0.15, -0.1) is 0 Å². The Kier molecular flexibility index (Phi) is 5.71. The van der Waals surface area contributed by atoms with Gasteiger partial charge in [0.05, 0.1) is 12.0 Å². The van der Waals surface area contributed by atoms with Crippen LogP contribution in [-0.2, 0) is 9.53 Å². The molecule has 0 aliphatic rings. The lowest BCUT2D eigenvalue weighted by molar-refractivity contribution is -0.154. The van der Waals surface area contributed by atoms with E-state index in [2.05, 4.69) is 0 Å². The van der Waals surface area contributed by atoms with Crippen LogP contribution in [0, 0.1) is 11.8 Å². The molecule has 0 heterocycles. The van der Waals surface area contributed by atoms with Crippen LogP contribution in [0.2, 0.25) is 0 Å². The molecule has 3 nitrogen and oxygen atoms in total. The molecule has 0 bridgehead atoms. The molecular weight excluding hydrogens is 166 g/mol. The molecule has 0 spiro atoms. The predicted octanol–water partition coefficient (Wildman–Crippen LogP) is 1.56. The lowest BCUT2D eigenvalue weighted by Crippen LogP contribution is -2.31. The standard InChI is InChI=1S/C10H21NO2/c1-5-8(4)13-10(12)9(6-11)7(2)3/h7-9H,5-6,11H2,1-4H3. The Morgan fingerprint density at radius 2 is 1.92 bits per heavy atom. The average Bonchev–Trinajstić information content (AvgIpc) is 2.04. The molecule has 3 heteroatoms. The van der Waals surface area contributed by atoms with Gasteiger partial charge in [-0.2, -0.15) is 0 Å². The van der Waals surface area contributed by atoms with E-state index < -0.39 is 0 Å². The highest BCUT2D eigenvalue weighted by molar-refractivity contribution is 5.73. The highest BCUT2D eigenvalue weighted by Gasteiger charge is 2.23. The van der Waals surface area contributed by atoms with Crippen LogP contribution in [0.1, 0.15) is 34.1 Å². The third-order valence-corrected chi connectivity index (χ3v) is 2.25. The molecule has 0 amide bonds. The first-order valence-electron chi connectivity index (χ1n) is 4.93. The molecule has 0 aliphatic carbocycles. The molecule has 0 rings (SSSR count). The van der Waals surface area contributed by atoms with Crippen LogP contribution in [0.4, 0.5) is 0 Å². The van der Waals surface area contributed by atoms with E-state index in [1.807, 2.05) is 27.7 Å². The molecule has 0 saturated heterocycles. The lowest BCUT2D eigenvalue weighted by Gasteiger charge is -2.19. The molecule has 13 heavy (non-hydrogen) atoms. The highest BCUT2D eigenvalue weighted by Crippen LogP contribution is 2.12. The number of nitrogens with two attached hydrogens (primary N) is 1. The monoisotopic (exact) mass is 187 g/mol. The third kappa shape index (κ3) is 4.27. The number of hydrogen-bond acceptors (Lipinski definition) is 3. The van der Waals surface area contributed by atoms with E-state index in [4.69, 9.17) is 10.5 Å². The number of rotatable bonds is 5. The quantitative estimate of drug-likeness (QED) is 0.664. The smallest absolute Gasteiger partial charge is 0.310 e. The van der Waals surface area contributed by atoms with Gasteiger partial charge in [0.15, 0.2) is 0 Å². The normalized spacial score (nSPS) is 15.5. The van der Waals surface area contributed by atoms with Gasteiger partial charge in [-0.05, 0) is 19.3 Å². The third-order valence-electron chi connectivity index (χ3n) is 2.25. The first-order valence-corrected chi connectivity index (χ1v) is 4.93. The summed E-state index contributed by atoms with van der Waals surface area (Å²) >= 11 is 0. The van der Waals surface area contributed by atoms with E-state index in [1.54, 1.807) is 0 Å². The number of carbonyl (C=O) groups is 1. The van der Waals surface area contributed by atoms with Crippen LogP contribution in [0.3, 0.4) is 0 Å². The van der Waals surface area contributed by atoms with E-state index in [9.17, 15) is 4.79 Å². The predicted molar refractivity (Wildman–Crippen MR) is 53.2 cm³/mol. The van der Waals surface area contributed by atoms with Crippen molar-refractivity contribution in [3.63, 3.8) is 0 Å². The second-order valence-corrected chi connectivity index (χ2v) is 3.74. The van der Waals surface area contributed by atoms with Crippen LogP contribution < -0.4 is 5.73 Å². The van der Waals surface area contributed by atoms with E-state index in [-0.39, 0.29) is 23.9 Å². The summed E-state index contributed by atoms with van der Waals surface area (Å²) < 4.78 is 5.19. The highest BCUT2D eigenvalue weighted by atomic mass is 16.5. The van der Waals surface area contributed by atoms with Gasteiger partial charge in [0, 0.05) is 6.54 Å². The first-order chi connectivity index (χ1) is 6.02. The number of esters is 1. The summed E-state index contributed by atoms with van der Waals surface area (Å²) in [5.74, 6) is -0.0672.